The van der Waals surface area contributed by atoms with Gasteiger partial charge < -0.3 is 10.2 Å². The van der Waals surface area contributed by atoms with Gasteiger partial charge >= 0.3 is 5.97 Å². The summed E-state index contributed by atoms with van der Waals surface area (Å²) in [7, 11) is 0. The van der Waals surface area contributed by atoms with Crippen molar-refractivity contribution in [3.05, 3.63) is 18.1 Å². The number of carboxylic acid groups (broad SMARTS) is 1. The molecule has 0 aromatic carbocycles. The van der Waals surface area contributed by atoms with Gasteiger partial charge in [-0.25, -0.2) is 14.8 Å². The molecule has 0 saturated heterocycles. The van der Waals surface area contributed by atoms with Crippen LogP contribution >= 0.6 is 11.8 Å². The smallest absolute Gasteiger partial charge is 0.356 e. The molecule has 0 saturated carbocycles. The minimum absolute atomic E-state index is 0.00465. The van der Waals surface area contributed by atoms with Crippen LogP contribution in [-0.4, -0.2) is 37.5 Å². The van der Waals surface area contributed by atoms with Crippen molar-refractivity contribution < 1.29 is 15.0 Å². The highest BCUT2D eigenvalue weighted by Gasteiger charge is 2.12. The van der Waals surface area contributed by atoms with Crippen molar-refractivity contribution in [1.29, 1.82) is 0 Å². The van der Waals surface area contributed by atoms with E-state index in [9.17, 15) is 9.90 Å². The quantitative estimate of drug-likeness (QED) is 0.749. The Morgan fingerprint density at radius 1 is 1.40 bits per heavy atom. The summed E-state index contributed by atoms with van der Waals surface area (Å²) in [5.74, 6) is -1.09. The van der Waals surface area contributed by atoms with E-state index < -0.39 is 12.1 Å². The molecular formula is C9H12N2O3S. The number of hydrogen-bond donors (Lipinski definition) is 2. The van der Waals surface area contributed by atoms with Gasteiger partial charge in [-0.2, -0.15) is 0 Å². The first-order valence-corrected chi connectivity index (χ1v) is 5.28. The summed E-state index contributed by atoms with van der Waals surface area (Å²) < 4.78 is 0. The second-order valence-corrected chi connectivity index (χ2v) is 4.51. The second-order valence-electron chi connectivity index (χ2n) is 3.11. The van der Waals surface area contributed by atoms with E-state index in [1.165, 1.54) is 24.2 Å². The average molecular weight is 228 g/mol. The molecule has 2 unspecified atom stereocenters. The summed E-state index contributed by atoms with van der Waals surface area (Å²) in [5, 5.41) is 18.5. The third-order valence-corrected chi connectivity index (χ3v) is 3.05. The van der Waals surface area contributed by atoms with Crippen LogP contribution in [0, 0.1) is 0 Å². The van der Waals surface area contributed by atoms with Crippen molar-refractivity contribution in [3.8, 4) is 0 Å². The molecule has 0 aliphatic heterocycles. The predicted octanol–water partition coefficient (Wildman–Crippen LogP) is 1.04. The largest absolute Gasteiger partial charge is 0.476 e. The second kappa shape index (κ2) is 5.09. The Balaban J connectivity index is 2.68. The van der Waals surface area contributed by atoms with Crippen LogP contribution in [0.3, 0.4) is 0 Å². The molecule has 0 fully saturated rings. The zero-order valence-electron chi connectivity index (χ0n) is 8.41. The molecule has 1 heterocycles. The van der Waals surface area contributed by atoms with Crippen LogP contribution in [0.1, 0.15) is 24.3 Å². The predicted molar refractivity (Wildman–Crippen MR) is 56.0 cm³/mol. The Morgan fingerprint density at radius 2 is 2.07 bits per heavy atom. The fourth-order valence-corrected chi connectivity index (χ4v) is 1.58. The van der Waals surface area contributed by atoms with E-state index in [0.29, 0.717) is 5.03 Å². The SMILES string of the molecule is CC(O)C(C)Sc1cnc(C(=O)O)cn1. The van der Waals surface area contributed by atoms with Crippen molar-refractivity contribution in [2.75, 3.05) is 0 Å². The number of carboxylic acids is 1. The van der Waals surface area contributed by atoms with Gasteiger partial charge in [-0.3, -0.25) is 0 Å². The maximum atomic E-state index is 10.5. The van der Waals surface area contributed by atoms with Crippen LogP contribution in [0.25, 0.3) is 0 Å². The Kier molecular flexibility index (Phi) is 4.05. The summed E-state index contributed by atoms with van der Waals surface area (Å²) in [6.45, 7) is 3.55. The lowest BCUT2D eigenvalue weighted by atomic mass is 10.3. The third kappa shape index (κ3) is 3.49. The Hall–Kier alpha value is -1.14. The Bertz CT molecular complexity index is 340. The molecular weight excluding hydrogens is 216 g/mol. The first-order valence-electron chi connectivity index (χ1n) is 4.40. The molecule has 82 valence electrons. The molecule has 15 heavy (non-hydrogen) atoms. The van der Waals surface area contributed by atoms with Crippen molar-refractivity contribution in [3.63, 3.8) is 0 Å². The fraction of sp³-hybridized carbons (Fsp3) is 0.444. The van der Waals surface area contributed by atoms with Crippen molar-refractivity contribution in [2.24, 2.45) is 0 Å². The molecule has 0 aliphatic rings. The molecule has 0 amide bonds. The Labute approximate surface area is 91.6 Å². The van der Waals surface area contributed by atoms with Crippen LogP contribution < -0.4 is 0 Å². The molecule has 0 radical (unpaired) electrons. The molecule has 0 aliphatic carbocycles. The number of nitrogens with zero attached hydrogens (tertiary/aromatic N) is 2. The lowest BCUT2D eigenvalue weighted by Gasteiger charge is -2.12. The van der Waals surface area contributed by atoms with E-state index >= 15 is 0 Å². The van der Waals surface area contributed by atoms with E-state index in [0.717, 1.165) is 0 Å². The van der Waals surface area contributed by atoms with Gasteiger partial charge in [0, 0.05) is 5.25 Å². The van der Waals surface area contributed by atoms with Crippen LogP contribution in [0.5, 0.6) is 0 Å². The highest BCUT2D eigenvalue weighted by molar-refractivity contribution is 7.99. The van der Waals surface area contributed by atoms with Gasteiger partial charge in [0.15, 0.2) is 5.69 Å². The Morgan fingerprint density at radius 3 is 2.47 bits per heavy atom. The van der Waals surface area contributed by atoms with Gasteiger partial charge in [-0.15, -0.1) is 0 Å². The fourth-order valence-electron chi connectivity index (χ4n) is 0.776. The minimum Gasteiger partial charge on any atom is -0.476 e. The van der Waals surface area contributed by atoms with E-state index in [1.54, 1.807) is 6.92 Å². The average Bonchev–Trinajstić information content (AvgIpc) is 2.18. The lowest BCUT2D eigenvalue weighted by Crippen LogP contribution is -2.15. The number of aromatic nitrogens is 2. The van der Waals surface area contributed by atoms with Gasteiger partial charge in [-0.05, 0) is 6.92 Å². The number of carbonyl (C=O) groups is 1. The maximum Gasteiger partial charge on any atom is 0.356 e. The van der Waals surface area contributed by atoms with E-state index in [1.807, 2.05) is 6.92 Å². The number of aliphatic hydroxyl groups is 1. The summed E-state index contributed by atoms with van der Waals surface area (Å²) in [6, 6.07) is 0. The molecule has 6 heteroatoms. The summed E-state index contributed by atoms with van der Waals surface area (Å²) >= 11 is 1.36. The monoisotopic (exact) mass is 228 g/mol. The summed E-state index contributed by atoms with van der Waals surface area (Å²) in [6.07, 6.45) is 2.16. The first kappa shape index (κ1) is 11.9. The number of aromatic carboxylic acids is 1. The maximum absolute atomic E-state index is 10.5. The van der Waals surface area contributed by atoms with Crippen molar-refractivity contribution in [1.82, 2.24) is 9.97 Å². The molecule has 1 rings (SSSR count). The van der Waals surface area contributed by atoms with E-state index in [-0.39, 0.29) is 10.9 Å². The topological polar surface area (TPSA) is 83.3 Å². The third-order valence-electron chi connectivity index (χ3n) is 1.83. The highest BCUT2D eigenvalue weighted by Crippen LogP contribution is 2.22. The molecule has 0 bridgehead atoms. The molecule has 1 aromatic rings. The van der Waals surface area contributed by atoms with Crippen LogP contribution in [-0.2, 0) is 0 Å². The zero-order chi connectivity index (χ0) is 11.4. The van der Waals surface area contributed by atoms with Gasteiger partial charge in [0.1, 0.15) is 5.03 Å². The van der Waals surface area contributed by atoms with Crippen molar-refractivity contribution in [2.45, 2.75) is 30.2 Å². The molecule has 0 spiro atoms. The van der Waals surface area contributed by atoms with Crippen molar-refractivity contribution >= 4 is 17.7 Å². The number of thioether (sulfide) groups is 1. The first-order chi connectivity index (χ1) is 7.00. The minimum atomic E-state index is -1.09. The van der Waals surface area contributed by atoms with Crippen LogP contribution in [0.2, 0.25) is 0 Å². The van der Waals surface area contributed by atoms with Gasteiger partial charge in [0.2, 0.25) is 0 Å². The number of aliphatic hydroxyl groups excluding tert-OH is 1. The highest BCUT2D eigenvalue weighted by atomic mass is 32.2. The number of rotatable bonds is 4. The normalized spacial score (nSPS) is 14.6. The van der Waals surface area contributed by atoms with Gasteiger partial charge in [0.25, 0.3) is 0 Å². The zero-order valence-corrected chi connectivity index (χ0v) is 9.23. The summed E-state index contributed by atoms with van der Waals surface area (Å²) in [5.41, 5.74) is -0.0796. The van der Waals surface area contributed by atoms with Crippen LogP contribution in [0.15, 0.2) is 17.4 Å². The number of hydrogen-bond acceptors (Lipinski definition) is 5. The van der Waals surface area contributed by atoms with E-state index in [2.05, 4.69) is 9.97 Å². The van der Waals surface area contributed by atoms with Crippen LogP contribution in [0.4, 0.5) is 0 Å². The molecule has 1 aromatic heterocycles. The molecule has 5 nitrogen and oxygen atoms in total. The lowest BCUT2D eigenvalue weighted by molar-refractivity contribution is 0.0689. The van der Waals surface area contributed by atoms with Gasteiger partial charge in [-0.1, -0.05) is 18.7 Å². The standard InChI is InChI=1S/C9H12N2O3S/c1-5(12)6(2)15-8-4-10-7(3-11-8)9(13)14/h3-6,12H,1-2H3,(H,13,14). The van der Waals surface area contributed by atoms with E-state index in [4.69, 9.17) is 5.11 Å². The van der Waals surface area contributed by atoms with Gasteiger partial charge in [0.05, 0.1) is 18.5 Å². The summed E-state index contributed by atoms with van der Waals surface area (Å²) in [4.78, 5) is 18.2. The molecule has 2 N–H and O–H groups in total. The molecule has 2 atom stereocenters.